The van der Waals surface area contributed by atoms with Crippen LogP contribution in [0.5, 0.6) is 0 Å². The molecule has 1 aromatic carbocycles. The Bertz CT molecular complexity index is 489. The van der Waals surface area contributed by atoms with Gasteiger partial charge in [0.2, 0.25) is 5.91 Å². The van der Waals surface area contributed by atoms with Crippen LogP contribution in [0.15, 0.2) is 30.3 Å². The summed E-state index contributed by atoms with van der Waals surface area (Å²) in [5, 5.41) is 2.78. The Morgan fingerprint density at radius 3 is 2.55 bits per heavy atom. The van der Waals surface area contributed by atoms with Crippen molar-refractivity contribution in [1.82, 2.24) is 10.2 Å². The fourth-order valence-corrected chi connectivity index (χ4v) is 2.29. The van der Waals surface area contributed by atoms with E-state index in [1.807, 2.05) is 37.3 Å². The van der Waals surface area contributed by atoms with Crippen LogP contribution < -0.4 is 5.32 Å². The van der Waals surface area contributed by atoms with E-state index in [1.54, 1.807) is 18.9 Å². The van der Waals surface area contributed by atoms with Crippen molar-refractivity contribution in [2.45, 2.75) is 32.0 Å². The Balaban J connectivity index is 2.24. The molecule has 1 aromatic rings. The highest BCUT2D eigenvalue weighted by Gasteiger charge is 2.39. The maximum Gasteiger partial charge on any atom is 0.250 e. The van der Waals surface area contributed by atoms with Crippen LogP contribution in [-0.2, 0) is 14.3 Å². The number of nitrogens with zero attached hydrogens (tertiary/aromatic N) is 1. The molecule has 3 atom stereocenters. The summed E-state index contributed by atoms with van der Waals surface area (Å²) < 4.78 is 5.20. The summed E-state index contributed by atoms with van der Waals surface area (Å²) in [6, 6.07) is 8.20. The molecule has 2 amide bonds. The van der Waals surface area contributed by atoms with Gasteiger partial charge in [-0.15, -0.1) is 0 Å². The van der Waals surface area contributed by atoms with E-state index < -0.39 is 12.1 Å². The largest absolute Gasteiger partial charge is 0.380 e. The number of amides is 2. The number of carbonyl (C=O) groups excluding carboxylic acids is 2. The summed E-state index contributed by atoms with van der Waals surface area (Å²) in [5.74, 6) is -0.228. The molecule has 0 aliphatic carbocycles. The fourth-order valence-electron chi connectivity index (χ4n) is 2.29. The third kappa shape index (κ3) is 2.82. The zero-order valence-corrected chi connectivity index (χ0v) is 12.0. The molecule has 0 radical (unpaired) electrons. The van der Waals surface area contributed by atoms with Crippen LogP contribution in [0.1, 0.15) is 25.5 Å². The van der Waals surface area contributed by atoms with Crippen molar-refractivity contribution in [3.63, 3.8) is 0 Å². The number of carbonyl (C=O) groups is 2. The monoisotopic (exact) mass is 276 g/mol. The number of nitrogens with one attached hydrogen (secondary N) is 1. The van der Waals surface area contributed by atoms with Gasteiger partial charge in [-0.05, 0) is 19.4 Å². The molecule has 108 valence electrons. The molecule has 2 rings (SSSR count). The van der Waals surface area contributed by atoms with E-state index in [-0.39, 0.29) is 17.9 Å². The van der Waals surface area contributed by atoms with Gasteiger partial charge in [-0.25, -0.2) is 0 Å². The van der Waals surface area contributed by atoms with Crippen molar-refractivity contribution >= 4 is 11.8 Å². The van der Waals surface area contributed by atoms with Crippen molar-refractivity contribution in [3.8, 4) is 0 Å². The Hall–Kier alpha value is -1.88. The first-order chi connectivity index (χ1) is 9.54. The molecule has 5 heteroatoms. The molecule has 1 aliphatic heterocycles. The number of rotatable bonds is 4. The van der Waals surface area contributed by atoms with Crippen LogP contribution >= 0.6 is 0 Å². The summed E-state index contributed by atoms with van der Waals surface area (Å²) >= 11 is 0. The number of hydrogen-bond donors (Lipinski definition) is 1. The second kappa shape index (κ2) is 6.05. The predicted octanol–water partition coefficient (Wildman–Crippen LogP) is 1.11. The zero-order chi connectivity index (χ0) is 14.7. The van der Waals surface area contributed by atoms with Crippen LogP contribution in [-0.4, -0.2) is 42.5 Å². The average molecular weight is 276 g/mol. The summed E-state index contributed by atoms with van der Waals surface area (Å²) in [5.41, 5.74) is 0.799. The van der Waals surface area contributed by atoms with Gasteiger partial charge >= 0.3 is 0 Å². The first-order valence-electron chi connectivity index (χ1n) is 6.73. The van der Waals surface area contributed by atoms with E-state index in [1.165, 1.54) is 0 Å². The minimum atomic E-state index is -0.607. The van der Waals surface area contributed by atoms with Gasteiger partial charge in [-0.1, -0.05) is 30.3 Å². The minimum absolute atomic E-state index is 0.0906. The topological polar surface area (TPSA) is 58.6 Å². The van der Waals surface area contributed by atoms with Crippen LogP contribution in [0, 0.1) is 0 Å². The molecule has 0 spiro atoms. The molecular weight excluding hydrogens is 256 g/mol. The quantitative estimate of drug-likeness (QED) is 0.896. The van der Waals surface area contributed by atoms with Crippen LogP contribution in [0.25, 0.3) is 0 Å². The van der Waals surface area contributed by atoms with Gasteiger partial charge in [0.25, 0.3) is 5.91 Å². The van der Waals surface area contributed by atoms with Crippen molar-refractivity contribution in [3.05, 3.63) is 35.9 Å². The third-order valence-corrected chi connectivity index (χ3v) is 3.65. The third-order valence-electron chi connectivity index (χ3n) is 3.65. The first-order valence-corrected chi connectivity index (χ1v) is 6.73. The molecule has 1 N–H and O–H groups in total. The van der Waals surface area contributed by atoms with Crippen molar-refractivity contribution in [2.24, 2.45) is 0 Å². The lowest BCUT2D eigenvalue weighted by atomic mass is 10.0. The molecule has 5 nitrogen and oxygen atoms in total. The standard InChI is InChI=1S/C15H20N2O3/c1-10(20-3)9-17-11(2)14(18)16-13(15(17)19)12-7-5-4-6-8-12/h4-8,10-11,13H,9H2,1-3H3,(H,16,18). The highest BCUT2D eigenvalue weighted by Crippen LogP contribution is 2.22. The molecule has 1 heterocycles. The Morgan fingerprint density at radius 1 is 1.30 bits per heavy atom. The number of hydrogen-bond acceptors (Lipinski definition) is 3. The van der Waals surface area contributed by atoms with E-state index in [0.29, 0.717) is 6.54 Å². The van der Waals surface area contributed by atoms with E-state index in [9.17, 15) is 9.59 Å². The van der Waals surface area contributed by atoms with Gasteiger partial charge in [-0.3, -0.25) is 9.59 Å². The van der Waals surface area contributed by atoms with Gasteiger partial charge in [0, 0.05) is 13.7 Å². The van der Waals surface area contributed by atoms with Crippen LogP contribution in [0.3, 0.4) is 0 Å². The van der Waals surface area contributed by atoms with Gasteiger partial charge in [0.05, 0.1) is 6.10 Å². The van der Waals surface area contributed by atoms with E-state index in [2.05, 4.69) is 5.32 Å². The molecule has 1 saturated heterocycles. The molecule has 1 aliphatic rings. The first kappa shape index (κ1) is 14.5. The molecule has 0 bridgehead atoms. The van der Waals surface area contributed by atoms with Crippen molar-refractivity contribution in [1.29, 1.82) is 0 Å². The summed E-state index contributed by atoms with van der Waals surface area (Å²) in [6.45, 7) is 4.02. The second-order valence-corrected chi connectivity index (χ2v) is 5.07. The van der Waals surface area contributed by atoms with Gasteiger partial charge in [0.1, 0.15) is 12.1 Å². The normalized spacial score (nSPS) is 24.4. The molecule has 1 fully saturated rings. The summed E-state index contributed by atoms with van der Waals surface area (Å²) in [4.78, 5) is 26.2. The molecule has 20 heavy (non-hydrogen) atoms. The predicted molar refractivity (Wildman–Crippen MR) is 75.0 cm³/mol. The highest BCUT2D eigenvalue weighted by atomic mass is 16.5. The molecule has 3 unspecified atom stereocenters. The van der Waals surface area contributed by atoms with Crippen molar-refractivity contribution < 1.29 is 14.3 Å². The Kier molecular flexibility index (Phi) is 4.39. The van der Waals surface area contributed by atoms with Crippen molar-refractivity contribution in [2.75, 3.05) is 13.7 Å². The number of benzene rings is 1. The van der Waals surface area contributed by atoms with E-state index >= 15 is 0 Å². The molecule has 0 aromatic heterocycles. The lowest BCUT2D eigenvalue weighted by Gasteiger charge is -2.38. The fraction of sp³-hybridized carbons (Fsp3) is 0.467. The maximum absolute atomic E-state index is 12.6. The lowest BCUT2D eigenvalue weighted by molar-refractivity contribution is -0.150. The molecular formula is C15H20N2O3. The van der Waals surface area contributed by atoms with E-state index in [4.69, 9.17) is 4.74 Å². The minimum Gasteiger partial charge on any atom is -0.380 e. The van der Waals surface area contributed by atoms with E-state index in [0.717, 1.165) is 5.56 Å². The second-order valence-electron chi connectivity index (χ2n) is 5.07. The number of ether oxygens (including phenoxy) is 1. The Morgan fingerprint density at radius 2 is 1.95 bits per heavy atom. The summed E-state index contributed by atoms with van der Waals surface area (Å²) in [6.07, 6.45) is -0.108. The average Bonchev–Trinajstić information content (AvgIpc) is 2.48. The zero-order valence-electron chi connectivity index (χ0n) is 12.0. The summed E-state index contributed by atoms with van der Waals surface area (Å²) in [7, 11) is 1.60. The SMILES string of the molecule is COC(C)CN1C(=O)C(c2ccccc2)NC(=O)C1C. The van der Waals surface area contributed by atoms with Gasteiger partial charge in [-0.2, -0.15) is 0 Å². The van der Waals surface area contributed by atoms with Gasteiger partial charge < -0.3 is 15.0 Å². The smallest absolute Gasteiger partial charge is 0.250 e. The van der Waals surface area contributed by atoms with Crippen LogP contribution in [0.2, 0.25) is 0 Å². The number of piperazine rings is 1. The molecule has 0 saturated carbocycles. The highest BCUT2D eigenvalue weighted by molar-refractivity contribution is 5.97. The maximum atomic E-state index is 12.6. The Labute approximate surface area is 118 Å². The van der Waals surface area contributed by atoms with Crippen LogP contribution in [0.4, 0.5) is 0 Å². The lowest BCUT2D eigenvalue weighted by Crippen LogP contribution is -2.59. The van der Waals surface area contributed by atoms with Gasteiger partial charge in [0.15, 0.2) is 0 Å². The number of methoxy groups -OCH3 is 1.